The fraction of sp³-hybridized carbons (Fsp3) is 0.217. The van der Waals surface area contributed by atoms with Gasteiger partial charge in [-0.1, -0.05) is 36.4 Å². The highest BCUT2D eigenvalue weighted by atomic mass is 16.2. The van der Waals surface area contributed by atoms with Crippen molar-refractivity contribution >= 4 is 33.6 Å². The third kappa shape index (κ3) is 4.32. The number of nitrogens with one attached hydrogen (secondary N) is 4. The first-order valence-corrected chi connectivity index (χ1v) is 9.88. The number of carbonyl (C=O) groups excluding carboxylic acids is 2. The number of rotatable bonds is 8. The molecule has 0 radical (unpaired) electrons. The molecule has 0 bridgehead atoms. The van der Waals surface area contributed by atoms with Crippen molar-refractivity contribution in [1.82, 2.24) is 20.6 Å². The van der Waals surface area contributed by atoms with Crippen molar-refractivity contribution in [3.63, 3.8) is 0 Å². The van der Waals surface area contributed by atoms with Crippen LogP contribution in [0, 0.1) is 0 Å². The molecule has 2 amide bonds. The molecular weight excluding hydrogens is 364 g/mol. The van der Waals surface area contributed by atoms with Crippen LogP contribution in [0.1, 0.15) is 28.8 Å². The van der Waals surface area contributed by atoms with E-state index in [0.29, 0.717) is 25.1 Å². The molecule has 0 saturated carbocycles. The Hall–Kier alpha value is -3.54. The van der Waals surface area contributed by atoms with E-state index in [4.69, 9.17) is 0 Å². The summed E-state index contributed by atoms with van der Waals surface area (Å²) in [7, 11) is 0. The van der Waals surface area contributed by atoms with Crippen LogP contribution >= 0.6 is 0 Å². The molecule has 0 aliphatic heterocycles. The predicted octanol–water partition coefficient (Wildman–Crippen LogP) is 3.52. The smallest absolute Gasteiger partial charge is 0.253 e. The van der Waals surface area contributed by atoms with Gasteiger partial charge in [0.15, 0.2) is 0 Å². The van der Waals surface area contributed by atoms with E-state index in [0.717, 1.165) is 29.3 Å². The molecule has 2 heterocycles. The quantitative estimate of drug-likeness (QED) is 0.348. The minimum absolute atomic E-state index is 0.00573. The van der Waals surface area contributed by atoms with E-state index in [-0.39, 0.29) is 11.8 Å². The highest BCUT2D eigenvalue weighted by Crippen LogP contribution is 2.19. The molecule has 0 unspecified atom stereocenters. The van der Waals surface area contributed by atoms with E-state index in [1.165, 1.54) is 10.9 Å². The second-order valence-corrected chi connectivity index (χ2v) is 7.07. The molecule has 0 atom stereocenters. The Bertz CT molecular complexity index is 1140. The van der Waals surface area contributed by atoms with Crippen molar-refractivity contribution in [1.29, 1.82) is 0 Å². The fourth-order valence-corrected chi connectivity index (χ4v) is 3.60. The SMILES string of the molecule is O=C(CCCc1c[nH]c2ccccc12)NCCNC(=O)c1c[nH]c2ccccc12. The van der Waals surface area contributed by atoms with Gasteiger partial charge in [-0.25, -0.2) is 0 Å². The molecule has 148 valence electrons. The number of carbonyl (C=O) groups is 2. The third-order valence-electron chi connectivity index (χ3n) is 5.09. The maximum Gasteiger partial charge on any atom is 0.253 e. The second-order valence-electron chi connectivity index (χ2n) is 7.07. The van der Waals surface area contributed by atoms with E-state index in [1.807, 2.05) is 42.6 Å². The first-order valence-electron chi connectivity index (χ1n) is 9.88. The molecule has 6 nitrogen and oxygen atoms in total. The molecule has 4 N–H and O–H groups in total. The van der Waals surface area contributed by atoms with E-state index in [1.54, 1.807) is 6.20 Å². The monoisotopic (exact) mass is 388 g/mol. The lowest BCUT2D eigenvalue weighted by Crippen LogP contribution is -2.34. The Balaban J connectivity index is 1.17. The van der Waals surface area contributed by atoms with Gasteiger partial charge in [0.2, 0.25) is 5.91 Å². The molecule has 0 aliphatic carbocycles. The van der Waals surface area contributed by atoms with Gasteiger partial charge in [0.25, 0.3) is 5.91 Å². The van der Waals surface area contributed by atoms with Gasteiger partial charge in [-0.3, -0.25) is 9.59 Å². The lowest BCUT2D eigenvalue weighted by atomic mass is 10.1. The fourth-order valence-electron chi connectivity index (χ4n) is 3.60. The number of para-hydroxylation sites is 2. The number of hydrogen-bond acceptors (Lipinski definition) is 2. The van der Waals surface area contributed by atoms with Gasteiger partial charge >= 0.3 is 0 Å². The highest BCUT2D eigenvalue weighted by Gasteiger charge is 2.11. The van der Waals surface area contributed by atoms with Crippen LogP contribution in [-0.2, 0) is 11.2 Å². The zero-order valence-corrected chi connectivity index (χ0v) is 16.1. The summed E-state index contributed by atoms with van der Waals surface area (Å²) in [5.41, 5.74) is 3.91. The van der Waals surface area contributed by atoms with Crippen molar-refractivity contribution in [2.75, 3.05) is 13.1 Å². The van der Waals surface area contributed by atoms with Gasteiger partial charge in [-0.15, -0.1) is 0 Å². The Morgan fingerprint density at radius 2 is 1.45 bits per heavy atom. The van der Waals surface area contributed by atoms with Crippen molar-refractivity contribution < 1.29 is 9.59 Å². The molecule has 6 heteroatoms. The van der Waals surface area contributed by atoms with Crippen LogP contribution in [0.15, 0.2) is 60.9 Å². The number of aromatic nitrogens is 2. The van der Waals surface area contributed by atoms with Crippen LogP contribution in [-0.4, -0.2) is 34.9 Å². The molecule has 4 aromatic rings. The maximum atomic E-state index is 12.3. The Kier molecular flexibility index (Phi) is 5.61. The zero-order chi connectivity index (χ0) is 20.1. The third-order valence-corrected chi connectivity index (χ3v) is 5.09. The molecule has 0 spiro atoms. The average Bonchev–Trinajstić information content (AvgIpc) is 3.36. The van der Waals surface area contributed by atoms with Crippen molar-refractivity contribution in [2.45, 2.75) is 19.3 Å². The second kappa shape index (κ2) is 8.65. The average molecular weight is 388 g/mol. The van der Waals surface area contributed by atoms with Gasteiger partial charge < -0.3 is 20.6 Å². The largest absolute Gasteiger partial charge is 0.361 e. The van der Waals surface area contributed by atoms with Crippen LogP contribution in [0.4, 0.5) is 0 Å². The first-order chi connectivity index (χ1) is 14.2. The summed E-state index contributed by atoms with van der Waals surface area (Å²) in [6.45, 7) is 0.812. The number of fused-ring (bicyclic) bond motifs is 2. The van der Waals surface area contributed by atoms with Crippen LogP contribution in [0.5, 0.6) is 0 Å². The molecule has 4 rings (SSSR count). The summed E-state index contributed by atoms with van der Waals surface area (Å²) in [6, 6.07) is 15.9. The molecule has 2 aromatic heterocycles. The lowest BCUT2D eigenvalue weighted by Gasteiger charge is -2.07. The van der Waals surface area contributed by atoms with E-state index in [9.17, 15) is 9.59 Å². The van der Waals surface area contributed by atoms with Crippen molar-refractivity contribution in [2.24, 2.45) is 0 Å². The maximum absolute atomic E-state index is 12.3. The minimum atomic E-state index is -0.143. The minimum Gasteiger partial charge on any atom is -0.361 e. The van der Waals surface area contributed by atoms with Crippen LogP contribution < -0.4 is 10.6 Å². The highest BCUT2D eigenvalue weighted by molar-refractivity contribution is 6.06. The summed E-state index contributed by atoms with van der Waals surface area (Å²) >= 11 is 0. The number of amides is 2. The molecule has 2 aromatic carbocycles. The number of benzene rings is 2. The molecular formula is C23H24N4O2. The Labute approximate surface area is 168 Å². The number of hydrogen-bond donors (Lipinski definition) is 4. The van der Waals surface area contributed by atoms with E-state index in [2.05, 4.69) is 32.7 Å². The van der Waals surface area contributed by atoms with Gasteiger partial charge in [0.05, 0.1) is 5.56 Å². The molecule has 29 heavy (non-hydrogen) atoms. The number of aromatic amines is 2. The molecule has 0 saturated heterocycles. The summed E-state index contributed by atoms with van der Waals surface area (Å²) < 4.78 is 0. The van der Waals surface area contributed by atoms with Crippen LogP contribution in [0.3, 0.4) is 0 Å². The van der Waals surface area contributed by atoms with E-state index < -0.39 is 0 Å². The van der Waals surface area contributed by atoms with Crippen molar-refractivity contribution in [3.05, 3.63) is 72.1 Å². The van der Waals surface area contributed by atoms with Gasteiger partial charge in [-0.05, 0) is 30.5 Å². The Morgan fingerprint density at radius 3 is 2.28 bits per heavy atom. The summed E-state index contributed by atoms with van der Waals surface area (Å²) in [5, 5.41) is 7.83. The lowest BCUT2D eigenvalue weighted by molar-refractivity contribution is -0.121. The first kappa shape index (κ1) is 18.8. The Morgan fingerprint density at radius 1 is 0.793 bits per heavy atom. The molecule has 0 fully saturated rings. The van der Waals surface area contributed by atoms with Crippen LogP contribution in [0.2, 0.25) is 0 Å². The molecule has 0 aliphatic rings. The van der Waals surface area contributed by atoms with E-state index >= 15 is 0 Å². The van der Waals surface area contributed by atoms with Crippen molar-refractivity contribution in [3.8, 4) is 0 Å². The van der Waals surface area contributed by atoms with Gasteiger partial charge in [0.1, 0.15) is 0 Å². The standard InChI is InChI=1S/C23H24N4O2/c28-22(11-5-6-16-14-26-20-9-3-1-7-17(16)20)24-12-13-25-23(29)19-15-27-21-10-4-2-8-18(19)21/h1-4,7-10,14-15,26-27H,5-6,11-13H2,(H,24,28)(H,25,29). The topological polar surface area (TPSA) is 89.8 Å². The summed E-state index contributed by atoms with van der Waals surface area (Å²) in [5.74, 6) is -0.137. The zero-order valence-electron chi connectivity index (χ0n) is 16.1. The summed E-state index contributed by atoms with van der Waals surface area (Å²) in [6.07, 6.45) is 5.84. The summed E-state index contributed by atoms with van der Waals surface area (Å²) in [4.78, 5) is 30.7. The predicted molar refractivity (Wildman–Crippen MR) is 115 cm³/mol. The van der Waals surface area contributed by atoms with Gasteiger partial charge in [-0.2, -0.15) is 0 Å². The number of aryl methyl sites for hydroxylation is 1. The normalized spacial score (nSPS) is 11.0. The van der Waals surface area contributed by atoms with Gasteiger partial charge in [0, 0.05) is 53.7 Å². The van der Waals surface area contributed by atoms with Crippen LogP contribution in [0.25, 0.3) is 21.8 Å². The number of H-pyrrole nitrogens is 2.